The van der Waals surface area contributed by atoms with Crippen LogP contribution in [0.5, 0.6) is 0 Å². The molecule has 0 bridgehead atoms. The van der Waals surface area contributed by atoms with E-state index in [1.165, 1.54) is 11.8 Å². The topological polar surface area (TPSA) is 71.3 Å². The van der Waals surface area contributed by atoms with Gasteiger partial charge in [0, 0.05) is 38.3 Å². The van der Waals surface area contributed by atoms with Crippen molar-refractivity contribution < 1.29 is 9.59 Å². The Balaban J connectivity index is 1.31. The molecule has 3 heterocycles. The minimum atomic E-state index is 0.0224. The van der Waals surface area contributed by atoms with Gasteiger partial charge in [-0.2, -0.15) is 0 Å². The second-order valence-electron chi connectivity index (χ2n) is 6.86. The van der Waals surface area contributed by atoms with Crippen LogP contribution >= 0.6 is 23.1 Å². The lowest BCUT2D eigenvalue weighted by Gasteiger charge is -2.34. The Morgan fingerprint density at radius 3 is 2.40 bits per heavy atom. The average Bonchev–Trinajstić information content (AvgIpc) is 3.47. The summed E-state index contributed by atoms with van der Waals surface area (Å²) in [5, 5.41) is 11.4. The van der Waals surface area contributed by atoms with Crippen molar-refractivity contribution in [1.29, 1.82) is 0 Å². The summed E-state index contributed by atoms with van der Waals surface area (Å²) in [6, 6.07) is 13.3. The van der Waals surface area contributed by atoms with Crippen LogP contribution in [0.4, 0.5) is 0 Å². The molecule has 0 saturated carbocycles. The molecule has 0 unspecified atom stereocenters. The molecule has 3 aromatic rings. The number of thioether (sulfide) groups is 1. The molecule has 9 heteroatoms. The number of carbonyl (C=O) groups excluding carboxylic acids is 2. The zero-order valence-electron chi connectivity index (χ0n) is 16.7. The van der Waals surface area contributed by atoms with Crippen molar-refractivity contribution >= 4 is 34.9 Å². The fourth-order valence-electron chi connectivity index (χ4n) is 3.41. The number of amides is 2. The molecule has 0 radical (unpaired) electrons. The third-order valence-electron chi connectivity index (χ3n) is 5.04. The normalized spacial score (nSPS) is 14.2. The van der Waals surface area contributed by atoms with Crippen LogP contribution in [-0.2, 0) is 11.3 Å². The van der Waals surface area contributed by atoms with Crippen molar-refractivity contribution in [3.63, 3.8) is 0 Å². The van der Waals surface area contributed by atoms with Gasteiger partial charge >= 0.3 is 0 Å². The van der Waals surface area contributed by atoms with Crippen LogP contribution in [-0.4, -0.2) is 68.3 Å². The summed E-state index contributed by atoms with van der Waals surface area (Å²) in [4.78, 5) is 30.0. The van der Waals surface area contributed by atoms with Crippen molar-refractivity contribution in [2.75, 3.05) is 31.9 Å². The highest BCUT2D eigenvalue weighted by Crippen LogP contribution is 2.27. The van der Waals surface area contributed by atoms with Crippen molar-refractivity contribution in [2.45, 2.75) is 18.6 Å². The molecule has 1 aliphatic rings. The molecule has 0 aliphatic carbocycles. The van der Waals surface area contributed by atoms with Gasteiger partial charge in [-0.3, -0.25) is 9.59 Å². The van der Waals surface area contributed by atoms with Gasteiger partial charge in [0.05, 0.1) is 10.6 Å². The molecule has 1 fully saturated rings. The van der Waals surface area contributed by atoms with E-state index in [2.05, 4.69) is 17.1 Å². The largest absolute Gasteiger partial charge is 0.338 e. The molecule has 1 aliphatic heterocycles. The Labute approximate surface area is 183 Å². The minimum absolute atomic E-state index is 0.0224. The van der Waals surface area contributed by atoms with E-state index >= 15 is 0 Å². The van der Waals surface area contributed by atoms with Crippen LogP contribution < -0.4 is 0 Å². The van der Waals surface area contributed by atoms with Gasteiger partial charge in [-0.15, -0.1) is 21.5 Å². The average molecular weight is 442 g/mol. The number of aromatic nitrogens is 3. The van der Waals surface area contributed by atoms with Gasteiger partial charge < -0.3 is 14.4 Å². The van der Waals surface area contributed by atoms with Crippen LogP contribution in [0.25, 0.3) is 10.7 Å². The molecular weight excluding hydrogens is 418 g/mol. The zero-order chi connectivity index (χ0) is 20.9. The van der Waals surface area contributed by atoms with Crippen molar-refractivity contribution in [1.82, 2.24) is 24.6 Å². The molecular formula is C21H23N5O2S2. The first-order chi connectivity index (χ1) is 14.7. The smallest absolute Gasteiger partial charge is 0.253 e. The maximum atomic E-state index is 12.7. The Bertz CT molecular complexity index is 996. The zero-order valence-corrected chi connectivity index (χ0v) is 18.4. The van der Waals surface area contributed by atoms with Gasteiger partial charge in [0.1, 0.15) is 0 Å². The standard InChI is InChI=1S/C21H23N5O2S2/c1-2-26-19(17-9-6-14-29-17)22-23-21(26)30-15-18(27)24-10-12-25(13-11-24)20(28)16-7-4-3-5-8-16/h3-9,14H,2,10-13,15H2,1H3. The van der Waals surface area contributed by atoms with Crippen LogP contribution in [0, 0.1) is 0 Å². The van der Waals surface area contributed by atoms with Gasteiger partial charge in [0.2, 0.25) is 5.91 Å². The lowest BCUT2D eigenvalue weighted by molar-refractivity contribution is -0.129. The molecule has 156 valence electrons. The number of thiophene rings is 1. The van der Waals surface area contributed by atoms with E-state index < -0.39 is 0 Å². The number of nitrogens with zero attached hydrogens (tertiary/aromatic N) is 5. The summed E-state index contributed by atoms with van der Waals surface area (Å²) in [5.74, 6) is 1.25. The lowest BCUT2D eigenvalue weighted by atomic mass is 10.2. The van der Waals surface area contributed by atoms with E-state index in [0.29, 0.717) is 37.5 Å². The van der Waals surface area contributed by atoms with Gasteiger partial charge in [0.15, 0.2) is 11.0 Å². The van der Waals surface area contributed by atoms with Crippen LogP contribution in [0.1, 0.15) is 17.3 Å². The molecule has 2 aromatic heterocycles. The monoisotopic (exact) mass is 441 g/mol. The molecule has 7 nitrogen and oxygen atoms in total. The summed E-state index contributed by atoms with van der Waals surface area (Å²) >= 11 is 3.04. The van der Waals surface area contributed by atoms with Gasteiger partial charge in [-0.1, -0.05) is 36.0 Å². The molecule has 2 amide bonds. The second-order valence-corrected chi connectivity index (χ2v) is 8.75. The number of benzene rings is 1. The highest BCUT2D eigenvalue weighted by atomic mass is 32.2. The van der Waals surface area contributed by atoms with Crippen molar-refractivity contribution in [3.05, 3.63) is 53.4 Å². The van der Waals surface area contributed by atoms with Gasteiger partial charge in [-0.05, 0) is 30.5 Å². The van der Waals surface area contributed by atoms with Crippen molar-refractivity contribution in [3.8, 4) is 10.7 Å². The van der Waals surface area contributed by atoms with Crippen LogP contribution in [0.2, 0.25) is 0 Å². The molecule has 1 saturated heterocycles. The Morgan fingerprint density at radius 1 is 1.00 bits per heavy atom. The SMILES string of the molecule is CCn1c(SCC(=O)N2CCN(C(=O)c3ccccc3)CC2)nnc1-c1cccs1. The lowest BCUT2D eigenvalue weighted by Crippen LogP contribution is -2.51. The minimum Gasteiger partial charge on any atom is -0.338 e. The fraction of sp³-hybridized carbons (Fsp3) is 0.333. The maximum Gasteiger partial charge on any atom is 0.253 e. The quantitative estimate of drug-likeness (QED) is 0.550. The third-order valence-corrected chi connectivity index (χ3v) is 6.86. The number of hydrogen-bond acceptors (Lipinski definition) is 6. The predicted octanol–water partition coefficient (Wildman–Crippen LogP) is 3.10. The Morgan fingerprint density at radius 2 is 1.73 bits per heavy atom. The highest BCUT2D eigenvalue weighted by molar-refractivity contribution is 7.99. The molecule has 1 aromatic carbocycles. The molecule has 0 atom stereocenters. The fourth-order valence-corrected chi connectivity index (χ4v) is 5.03. The van der Waals surface area contributed by atoms with E-state index in [1.54, 1.807) is 11.3 Å². The third kappa shape index (κ3) is 4.41. The first-order valence-corrected chi connectivity index (χ1v) is 11.8. The Hall–Kier alpha value is -2.65. The molecule has 0 N–H and O–H groups in total. The first-order valence-electron chi connectivity index (χ1n) is 9.89. The van der Waals surface area contributed by atoms with E-state index in [-0.39, 0.29) is 11.8 Å². The molecule has 0 spiro atoms. The van der Waals surface area contributed by atoms with Gasteiger partial charge in [0.25, 0.3) is 5.91 Å². The second kappa shape index (κ2) is 9.44. The first kappa shape index (κ1) is 20.6. The van der Waals surface area contributed by atoms with Crippen LogP contribution in [0.3, 0.4) is 0 Å². The predicted molar refractivity (Wildman–Crippen MR) is 119 cm³/mol. The summed E-state index contributed by atoms with van der Waals surface area (Å²) in [6.45, 7) is 5.01. The van der Waals surface area contributed by atoms with Crippen molar-refractivity contribution in [2.24, 2.45) is 0 Å². The number of piperazine rings is 1. The van der Waals surface area contributed by atoms with E-state index in [1.807, 2.05) is 62.2 Å². The van der Waals surface area contributed by atoms with Gasteiger partial charge in [-0.25, -0.2) is 0 Å². The van der Waals surface area contributed by atoms with E-state index in [9.17, 15) is 9.59 Å². The van der Waals surface area contributed by atoms with E-state index in [0.717, 1.165) is 22.4 Å². The highest BCUT2D eigenvalue weighted by Gasteiger charge is 2.25. The summed E-state index contributed by atoms with van der Waals surface area (Å²) < 4.78 is 2.04. The number of rotatable bonds is 6. The van der Waals surface area contributed by atoms with E-state index in [4.69, 9.17) is 0 Å². The molecule has 30 heavy (non-hydrogen) atoms. The Kier molecular flexibility index (Phi) is 6.49. The number of hydrogen-bond donors (Lipinski definition) is 0. The summed E-state index contributed by atoms with van der Waals surface area (Å²) in [6.07, 6.45) is 0. The molecule has 4 rings (SSSR count). The number of carbonyl (C=O) groups is 2. The summed E-state index contributed by atoms with van der Waals surface area (Å²) in [5.41, 5.74) is 0.688. The summed E-state index contributed by atoms with van der Waals surface area (Å²) in [7, 11) is 0. The van der Waals surface area contributed by atoms with Crippen LogP contribution in [0.15, 0.2) is 53.0 Å². The maximum absolute atomic E-state index is 12.7.